The molecule has 0 saturated heterocycles. The first-order chi connectivity index (χ1) is 6.88. The van der Waals surface area contributed by atoms with Gasteiger partial charge < -0.3 is 10.5 Å². The molecule has 1 aromatic carbocycles. The first kappa shape index (κ1) is 12.9. The van der Waals surface area contributed by atoms with Gasteiger partial charge in [-0.25, -0.2) is 0 Å². The van der Waals surface area contributed by atoms with Crippen LogP contribution in [0.5, 0.6) is 0 Å². The van der Waals surface area contributed by atoms with Crippen LogP contribution >= 0.6 is 34.8 Å². The SMILES string of the molecule is Cc1ccc(COCC(Cl)(Cl)Cl)c(N)c1. The van der Waals surface area contributed by atoms with Gasteiger partial charge in [0.1, 0.15) is 0 Å². The number of aryl methyl sites for hydroxylation is 1. The maximum absolute atomic E-state index is 5.79. The summed E-state index contributed by atoms with van der Waals surface area (Å²) < 4.78 is 3.85. The molecule has 2 nitrogen and oxygen atoms in total. The Kier molecular flexibility index (Phi) is 4.53. The summed E-state index contributed by atoms with van der Waals surface area (Å²) in [6, 6.07) is 5.75. The van der Waals surface area contributed by atoms with Crippen molar-refractivity contribution in [3.05, 3.63) is 29.3 Å². The van der Waals surface area contributed by atoms with Crippen molar-refractivity contribution >= 4 is 40.5 Å². The zero-order valence-electron chi connectivity index (χ0n) is 8.27. The lowest BCUT2D eigenvalue weighted by atomic mass is 10.1. The van der Waals surface area contributed by atoms with E-state index >= 15 is 0 Å². The lowest BCUT2D eigenvalue weighted by molar-refractivity contribution is 0.126. The van der Waals surface area contributed by atoms with Crippen LogP contribution in [0, 0.1) is 6.92 Å². The molecule has 84 valence electrons. The molecule has 15 heavy (non-hydrogen) atoms. The molecule has 0 aliphatic heterocycles. The highest BCUT2D eigenvalue weighted by Crippen LogP contribution is 2.26. The predicted octanol–water partition coefficient (Wildman–Crippen LogP) is 3.46. The van der Waals surface area contributed by atoms with Gasteiger partial charge in [-0.1, -0.05) is 46.9 Å². The number of anilines is 1. The second-order valence-corrected chi connectivity index (χ2v) is 5.83. The fraction of sp³-hybridized carbons (Fsp3) is 0.400. The Morgan fingerprint density at radius 1 is 1.33 bits per heavy atom. The predicted molar refractivity (Wildman–Crippen MR) is 65.5 cm³/mol. The summed E-state index contributed by atoms with van der Waals surface area (Å²) in [6.07, 6.45) is 0. The summed E-state index contributed by atoms with van der Waals surface area (Å²) in [5.41, 5.74) is 8.49. The number of halogens is 3. The molecule has 0 radical (unpaired) electrons. The second kappa shape index (κ2) is 5.26. The molecule has 1 rings (SSSR count). The van der Waals surface area contributed by atoms with Crippen molar-refractivity contribution in [3.63, 3.8) is 0 Å². The summed E-state index contributed by atoms with van der Waals surface area (Å²) >= 11 is 16.6. The zero-order valence-corrected chi connectivity index (χ0v) is 10.5. The molecule has 0 atom stereocenters. The molecule has 0 bridgehead atoms. The first-order valence-corrected chi connectivity index (χ1v) is 5.51. The highest BCUT2D eigenvalue weighted by Gasteiger charge is 2.19. The van der Waals surface area contributed by atoms with Gasteiger partial charge in [0, 0.05) is 11.3 Å². The third kappa shape index (κ3) is 4.94. The van der Waals surface area contributed by atoms with Crippen molar-refractivity contribution in [3.8, 4) is 0 Å². The average molecular weight is 269 g/mol. The second-order valence-electron chi connectivity index (χ2n) is 3.31. The summed E-state index contributed by atoms with van der Waals surface area (Å²) in [7, 11) is 0. The molecule has 0 amide bonds. The standard InChI is InChI=1S/C10H12Cl3NO/c1-7-2-3-8(9(14)4-7)5-15-6-10(11,12)13/h2-4H,5-6,14H2,1H3. The van der Waals surface area contributed by atoms with Gasteiger partial charge in [0.25, 0.3) is 0 Å². The van der Waals surface area contributed by atoms with Crippen molar-refractivity contribution in [1.29, 1.82) is 0 Å². The van der Waals surface area contributed by atoms with E-state index in [0.29, 0.717) is 12.3 Å². The highest BCUT2D eigenvalue weighted by atomic mass is 35.6. The Morgan fingerprint density at radius 3 is 2.53 bits per heavy atom. The van der Waals surface area contributed by atoms with E-state index in [9.17, 15) is 0 Å². The number of benzene rings is 1. The van der Waals surface area contributed by atoms with Crippen molar-refractivity contribution in [1.82, 2.24) is 0 Å². The van der Waals surface area contributed by atoms with Crippen molar-refractivity contribution in [2.24, 2.45) is 0 Å². The quantitative estimate of drug-likeness (QED) is 0.673. The van der Waals surface area contributed by atoms with E-state index in [4.69, 9.17) is 45.3 Å². The lowest BCUT2D eigenvalue weighted by Gasteiger charge is -2.12. The summed E-state index contributed by atoms with van der Waals surface area (Å²) in [4.78, 5) is 0. The van der Waals surface area contributed by atoms with Crippen molar-refractivity contribution in [2.45, 2.75) is 17.3 Å². The monoisotopic (exact) mass is 267 g/mol. The van der Waals surface area contributed by atoms with E-state index in [1.165, 1.54) is 0 Å². The van der Waals surface area contributed by atoms with E-state index in [2.05, 4.69) is 0 Å². The van der Waals surface area contributed by atoms with Gasteiger partial charge >= 0.3 is 0 Å². The molecule has 0 heterocycles. The van der Waals surface area contributed by atoms with Gasteiger partial charge in [-0.3, -0.25) is 0 Å². The van der Waals surface area contributed by atoms with Gasteiger partial charge in [-0.2, -0.15) is 0 Å². The Hall–Kier alpha value is -0.150. The molecule has 5 heteroatoms. The summed E-state index contributed by atoms with van der Waals surface area (Å²) in [6.45, 7) is 2.37. The number of hydrogen-bond donors (Lipinski definition) is 1. The summed E-state index contributed by atoms with van der Waals surface area (Å²) in [5, 5.41) is 0. The molecular formula is C10H12Cl3NO. The topological polar surface area (TPSA) is 35.2 Å². The van der Waals surface area contributed by atoms with E-state index in [-0.39, 0.29) is 6.61 Å². The molecule has 0 aromatic heterocycles. The van der Waals surface area contributed by atoms with Gasteiger partial charge in [0.2, 0.25) is 3.79 Å². The molecule has 0 spiro atoms. The zero-order chi connectivity index (χ0) is 11.5. The number of rotatable bonds is 3. The fourth-order valence-electron chi connectivity index (χ4n) is 1.12. The Balaban J connectivity index is 2.51. The van der Waals surface area contributed by atoms with Gasteiger partial charge in [0.05, 0.1) is 13.2 Å². The maximum atomic E-state index is 5.79. The smallest absolute Gasteiger partial charge is 0.213 e. The van der Waals surface area contributed by atoms with Gasteiger partial charge in [0.15, 0.2) is 0 Å². The maximum Gasteiger partial charge on any atom is 0.213 e. The molecule has 0 aliphatic rings. The van der Waals surface area contributed by atoms with Crippen molar-refractivity contribution in [2.75, 3.05) is 12.3 Å². The highest BCUT2D eigenvalue weighted by molar-refractivity contribution is 6.67. The molecule has 0 aliphatic carbocycles. The van der Waals surface area contributed by atoms with Crippen LogP contribution in [0.15, 0.2) is 18.2 Å². The third-order valence-electron chi connectivity index (χ3n) is 1.82. The number of nitrogen functional groups attached to an aromatic ring is 1. The minimum Gasteiger partial charge on any atom is -0.398 e. The Bertz CT molecular complexity index is 336. The van der Waals surface area contributed by atoms with Crippen LogP contribution in [0.3, 0.4) is 0 Å². The summed E-state index contributed by atoms with van der Waals surface area (Å²) in [5.74, 6) is 0. The van der Waals surface area contributed by atoms with E-state index < -0.39 is 3.79 Å². The van der Waals surface area contributed by atoms with E-state index in [1.807, 2.05) is 25.1 Å². The Morgan fingerprint density at radius 2 is 2.00 bits per heavy atom. The molecule has 2 N–H and O–H groups in total. The lowest BCUT2D eigenvalue weighted by Crippen LogP contribution is -2.13. The molecule has 1 aromatic rings. The third-order valence-corrected chi connectivity index (χ3v) is 2.15. The molecule has 0 saturated carbocycles. The van der Waals surface area contributed by atoms with Crippen LogP contribution in [0.1, 0.15) is 11.1 Å². The first-order valence-electron chi connectivity index (χ1n) is 4.38. The van der Waals surface area contributed by atoms with Crippen LogP contribution in [0.4, 0.5) is 5.69 Å². The minimum atomic E-state index is -1.38. The van der Waals surface area contributed by atoms with Gasteiger partial charge in [-0.05, 0) is 18.6 Å². The number of nitrogens with two attached hydrogens (primary N) is 1. The van der Waals surface area contributed by atoms with Crippen LogP contribution in [-0.2, 0) is 11.3 Å². The fourth-order valence-corrected chi connectivity index (χ4v) is 1.35. The Labute approximate surface area is 104 Å². The molecule has 0 unspecified atom stereocenters. The van der Waals surface area contributed by atoms with Crippen LogP contribution in [0.25, 0.3) is 0 Å². The molecule has 0 fully saturated rings. The van der Waals surface area contributed by atoms with E-state index in [0.717, 1.165) is 11.1 Å². The van der Waals surface area contributed by atoms with Crippen LogP contribution in [0.2, 0.25) is 0 Å². The number of ether oxygens (including phenoxy) is 1. The average Bonchev–Trinajstić information content (AvgIpc) is 2.07. The normalized spacial score (nSPS) is 11.7. The number of alkyl halides is 3. The molecular weight excluding hydrogens is 256 g/mol. The number of hydrogen-bond acceptors (Lipinski definition) is 2. The van der Waals surface area contributed by atoms with Crippen LogP contribution in [-0.4, -0.2) is 10.4 Å². The largest absolute Gasteiger partial charge is 0.398 e. The van der Waals surface area contributed by atoms with E-state index in [1.54, 1.807) is 0 Å². The van der Waals surface area contributed by atoms with Gasteiger partial charge in [-0.15, -0.1) is 0 Å². The van der Waals surface area contributed by atoms with Crippen LogP contribution < -0.4 is 5.73 Å². The minimum absolute atomic E-state index is 0.0466. The van der Waals surface area contributed by atoms with Crippen molar-refractivity contribution < 1.29 is 4.74 Å².